The summed E-state index contributed by atoms with van der Waals surface area (Å²) < 4.78 is 10.7. The third-order valence-electron chi connectivity index (χ3n) is 4.67. The van der Waals surface area contributed by atoms with Crippen molar-refractivity contribution in [1.82, 2.24) is 5.32 Å². The van der Waals surface area contributed by atoms with Crippen LogP contribution in [0.5, 0.6) is 11.5 Å². The first-order valence-electron chi connectivity index (χ1n) is 8.14. The Morgan fingerprint density at radius 2 is 1.86 bits per heavy atom. The van der Waals surface area contributed by atoms with Crippen LogP contribution in [0.3, 0.4) is 0 Å². The predicted molar refractivity (Wildman–Crippen MR) is 87.0 cm³/mol. The molecule has 0 atom stereocenters. The lowest BCUT2D eigenvalue weighted by molar-refractivity contribution is 0.275. The first-order chi connectivity index (χ1) is 10.2. The lowest BCUT2D eigenvalue weighted by atomic mass is 9.81. The molecule has 0 aromatic heterocycles. The predicted octanol–water partition coefficient (Wildman–Crippen LogP) is 4.01. The maximum Gasteiger partial charge on any atom is 0.123 e. The van der Waals surface area contributed by atoms with E-state index in [4.69, 9.17) is 9.47 Å². The number of rotatable bonds is 7. The molecule has 0 radical (unpaired) electrons. The number of hydrogen-bond donors (Lipinski definition) is 1. The maximum absolute atomic E-state index is 5.41. The van der Waals surface area contributed by atoms with Crippen LogP contribution in [0.4, 0.5) is 0 Å². The molecule has 3 heteroatoms. The third-order valence-corrected chi connectivity index (χ3v) is 4.67. The van der Waals surface area contributed by atoms with E-state index in [0.717, 1.165) is 42.0 Å². The average molecular weight is 291 g/mol. The molecule has 1 aliphatic rings. The molecule has 0 bridgehead atoms. The summed E-state index contributed by atoms with van der Waals surface area (Å²) >= 11 is 0. The number of methoxy groups -OCH3 is 2. The van der Waals surface area contributed by atoms with Gasteiger partial charge in [-0.3, -0.25) is 0 Å². The molecule has 0 amide bonds. The molecule has 2 rings (SSSR count). The van der Waals surface area contributed by atoms with Crippen LogP contribution in [0, 0.1) is 11.8 Å². The molecular formula is C18H29NO2. The molecule has 21 heavy (non-hydrogen) atoms. The van der Waals surface area contributed by atoms with Gasteiger partial charge in [0.2, 0.25) is 0 Å². The minimum Gasteiger partial charge on any atom is -0.497 e. The highest BCUT2D eigenvalue weighted by atomic mass is 16.5. The molecule has 1 aliphatic carbocycles. The molecular weight excluding hydrogens is 262 g/mol. The summed E-state index contributed by atoms with van der Waals surface area (Å²) in [5, 5.41) is 3.55. The number of nitrogens with one attached hydrogen (secondary N) is 1. The number of benzene rings is 1. The minimum absolute atomic E-state index is 0.837. The van der Waals surface area contributed by atoms with Gasteiger partial charge in [0.25, 0.3) is 0 Å². The Hall–Kier alpha value is -1.22. The van der Waals surface area contributed by atoms with E-state index in [1.54, 1.807) is 14.2 Å². The summed E-state index contributed by atoms with van der Waals surface area (Å²) in [5.41, 5.74) is 1.16. The Labute approximate surface area is 129 Å². The summed E-state index contributed by atoms with van der Waals surface area (Å²) in [6.07, 6.45) is 6.93. The zero-order chi connectivity index (χ0) is 15.1. The van der Waals surface area contributed by atoms with E-state index in [1.165, 1.54) is 32.1 Å². The molecule has 1 saturated carbocycles. The Kier molecular flexibility index (Phi) is 6.37. The van der Waals surface area contributed by atoms with Crippen molar-refractivity contribution in [2.24, 2.45) is 11.8 Å². The lowest BCUT2D eigenvalue weighted by Crippen LogP contribution is -2.20. The number of ether oxygens (including phenoxy) is 2. The standard InChI is InChI=1S/C18H29NO2/c1-14-4-6-15(7-5-14)10-11-19-13-16-12-17(20-2)8-9-18(16)21-3/h8-9,12,14-15,19H,4-7,10-11,13H2,1-3H3. The van der Waals surface area contributed by atoms with Crippen molar-refractivity contribution in [1.29, 1.82) is 0 Å². The molecule has 0 unspecified atom stereocenters. The van der Waals surface area contributed by atoms with Gasteiger partial charge in [-0.25, -0.2) is 0 Å². The molecule has 0 heterocycles. The van der Waals surface area contributed by atoms with E-state index in [9.17, 15) is 0 Å². The summed E-state index contributed by atoms with van der Waals surface area (Å²) in [6.45, 7) is 4.30. The smallest absolute Gasteiger partial charge is 0.123 e. The molecule has 118 valence electrons. The van der Waals surface area contributed by atoms with Gasteiger partial charge in [-0.05, 0) is 43.0 Å². The minimum atomic E-state index is 0.837. The van der Waals surface area contributed by atoms with Crippen molar-refractivity contribution < 1.29 is 9.47 Å². The molecule has 1 N–H and O–H groups in total. The Balaban J connectivity index is 1.75. The molecule has 1 aromatic rings. The van der Waals surface area contributed by atoms with E-state index >= 15 is 0 Å². The third kappa shape index (κ3) is 4.92. The van der Waals surface area contributed by atoms with Crippen molar-refractivity contribution in [3.05, 3.63) is 23.8 Å². The van der Waals surface area contributed by atoms with Gasteiger partial charge in [0.15, 0.2) is 0 Å². The van der Waals surface area contributed by atoms with Gasteiger partial charge in [-0.1, -0.05) is 32.6 Å². The highest BCUT2D eigenvalue weighted by Gasteiger charge is 2.17. The van der Waals surface area contributed by atoms with Crippen LogP contribution in [0.2, 0.25) is 0 Å². The fourth-order valence-electron chi connectivity index (χ4n) is 3.17. The van der Waals surface area contributed by atoms with Crippen LogP contribution < -0.4 is 14.8 Å². The van der Waals surface area contributed by atoms with Crippen molar-refractivity contribution in [2.75, 3.05) is 20.8 Å². The van der Waals surface area contributed by atoms with Gasteiger partial charge in [-0.15, -0.1) is 0 Å². The molecule has 0 spiro atoms. The van der Waals surface area contributed by atoms with E-state index < -0.39 is 0 Å². The molecule has 0 aliphatic heterocycles. The fraction of sp³-hybridized carbons (Fsp3) is 0.667. The maximum atomic E-state index is 5.41. The largest absolute Gasteiger partial charge is 0.497 e. The van der Waals surface area contributed by atoms with E-state index in [2.05, 4.69) is 12.2 Å². The van der Waals surface area contributed by atoms with Gasteiger partial charge in [-0.2, -0.15) is 0 Å². The molecule has 3 nitrogen and oxygen atoms in total. The second-order valence-electron chi connectivity index (χ2n) is 6.27. The summed E-state index contributed by atoms with van der Waals surface area (Å²) in [4.78, 5) is 0. The fourth-order valence-corrected chi connectivity index (χ4v) is 3.17. The monoisotopic (exact) mass is 291 g/mol. The highest BCUT2D eigenvalue weighted by molar-refractivity contribution is 5.40. The molecule has 1 fully saturated rings. The Morgan fingerprint density at radius 1 is 1.10 bits per heavy atom. The van der Waals surface area contributed by atoms with E-state index in [0.29, 0.717) is 0 Å². The van der Waals surface area contributed by atoms with Gasteiger partial charge in [0.05, 0.1) is 14.2 Å². The van der Waals surface area contributed by atoms with E-state index in [1.807, 2.05) is 18.2 Å². The first kappa shape index (κ1) is 16.2. The van der Waals surface area contributed by atoms with Crippen LogP contribution >= 0.6 is 0 Å². The highest BCUT2D eigenvalue weighted by Crippen LogP contribution is 2.30. The topological polar surface area (TPSA) is 30.5 Å². The van der Waals surface area contributed by atoms with Gasteiger partial charge < -0.3 is 14.8 Å². The van der Waals surface area contributed by atoms with Crippen LogP contribution in [-0.4, -0.2) is 20.8 Å². The number of hydrogen-bond acceptors (Lipinski definition) is 3. The van der Waals surface area contributed by atoms with Crippen molar-refractivity contribution in [2.45, 2.75) is 45.6 Å². The van der Waals surface area contributed by atoms with Crippen LogP contribution in [-0.2, 0) is 6.54 Å². The summed E-state index contributed by atoms with van der Waals surface area (Å²) in [6, 6.07) is 5.96. The Bertz CT molecular complexity index is 425. The zero-order valence-corrected chi connectivity index (χ0v) is 13.7. The quantitative estimate of drug-likeness (QED) is 0.770. The average Bonchev–Trinajstić information content (AvgIpc) is 2.53. The molecule has 0 saturated heterocycles. The van der Waals surface area contributed by atoms with Crippen LogP contribution in [0.25, 0.3) is 0 Å². The summed E-state index contributed by atoms with van der Waals surface area (Å²) in [5.74, 6) is 3.67. The second kappa shape index (κ2) is 8.28. The summed E-state index contributed by atoms with van der Waals surface area (Å²) in [7, 11) is 3.41. The van der Waals surface area contributed by atoms with Gasteiger partial charge in [0.1, 0.15) is 11.5 Å². The van der Waals surface area contributed by atoms with Crippen molar-refractivity contribution >= 4 is 0 Å². The molecule has 1 aromatic carbocycles. The van der Waals surface area contributed by atoms with Crippen LogP contribution in [0.15, 0.2) is 18.2 Å². The van der Waals surface area contributed by atoms with Crippen molar-refractivity contribution in [3.8, 4) is 11.5 Å². The van der Waals surface area contributed by atoms with Crippen molar-refractivity contribution in [3.63, 3.8) is 0 Å². The Morgan fingerprint density at radius 3 is 2.52 bits per heavy atom. The van der Waals surface area contributed by atoms with Gasteiger partial charge >= 0.3 is 0 Å². The van der Waals surface area contributed by atoms with Gasteiger partial charge in [0, 0.05) is 12.1 Å². The zero-order valence-electron chi connectivity index (χ0n) is 13.7. The first-order valence-corrected chi connectivity index (χ1v) is 8.14. The SMILES string of the molecule is COc1ccc(OC)c(CNCCC2CCC(C)CC2)c1. The van der Waals surface area contributed by atoms with Crippen LogP contribution in [0.1, 0.15) is 44.6 Å². The second-order valence-corrected chi connectivity index (χ2v) is 6.27. The lowest BCUT2D eigenvalue weighted by Gasteiger charge is -2.26. The van der Waals surface area contributed by atoms with E-state index in [-0.39, 0.29) is 0 Å². The normalized spacial score (nSPS) is 22.0.